The van der Waals surface area contributed by atoms with Crippen LogP contribution >= 0.6 is 0 Å². The molecular formula is C10H19NO. The van der Waals surface area contributed by atoms with Crippen LogP contribution in [-0.4, -0.2) is 24.4 Å². The van der Waals surface area contributed by atoms with E-state index >= 15 is 0 Å². The van der Waals surface area contributed by atoms with E-state index in [0.717, 1.165) is 25.0 Å². The molecule has 0 aromatic heterocycles. The lowest BCUT2D eigenvalue weighted by Gasteiger charge is -2.16. The zero-order chi connectivity index (χ0) is 9.56. The van der Waals surface area contributed by atoms with Gasteiger partial charge in [0.25, 0.3) is 0 Å². The Hall–Kier alpha value is -0.790. The molecule has 0 heterocycles. The average Bonchev–Trinajstić information content (AvgIpc) is 1.98. The highest BCUT2D eigenvalue weighted by atomic mass is 16.2. The van der Waals surface area contributed by atoms with Crippen molar-refractivity contribution in [3.8, 4) is 0 Å². The highest BCUT2D eigenvalue weighted by Crippen LogP contribution is 2.01. The van der Waals surface area contributed by atoms with Gasteiger partial charge in [0.1, 0.15) is 0 Å². The number of hydrogen-bond donors (Lipinski definition) is 0. The van der Waals surface area contributed by atoms with Crippen molar-refractivity contribution in [2.75, 3.05) is 13.6 Å². The quantitative estimate of drug-likeness (QED) is 0.578. The molecule has 1 amide bonds. The molecule has 0 fully saturated rings. The van der Waals surface area contributed by atoms with E-state index in [0.29, 0.717) is 6.42 Å². The minimum absolute atomic E-state index is 0.177. The average molecular weight is 169 g/mol. The van der Waals surface area contributed by atoms with Gasteiger partial charge >= 0.3 is 0 Å². The van der Waals surface area contributed by atoms with Crippen LogP contribution in [0.2, 0.25) is 0 Å². The largest absolute Gasteiger partial charge is 0.345 e. The van der Waals surface area contributed by atoms with Crippen molar-refractivity contribution in [2.24, 2.45) is 0 Å². The molecule has 0 aromatic rings. The molecule has 12 heavy (non-hydrogen) atoms. The van der Waals surface area contributed by atoms with E-state index in [2.05, 4.69) is 13.5 Å². The Kier molecular flexibility index (Phi) is 5.43. The van der Waals surface area contributed by atoms with E-state index in [-0.39, 0.29) is 5.91 Å². The number of hydrogen-bond acceptors (Lipinski definition) is 1. The first kappa shape index (κ1) is 11.2. The zero-order valence-corrected chi connectivity index (χ0v) is 8.39. The summed E-state index contributed by atoms with van der Waals surface area (Å²) < 4.78 is 0. The number of amides is 1. The van der Waals surface area contributed by atoms with Gasteiger partial charge in [-0.3, -0.25) is 4.79 Å². The van der Waals surface area contributed by atoms with E-state index < -0.39 is 0 Å². The minimum atomic E-state index is 0.177. The van der Waals surface area contributed by atoms with E-state index in [1.54, 1.807) is 4.90 Å². The van der Waals surface area contributed by atoms with Gasteiger partial charge in [0.05, 0.1) is 0 Å². The van der Waals surface area contributed by atoms with Gasteiger partial charge < -0.3 is 4.90 Å². The molecule has 0 saturated heterocycles. The summed E-state index contributed by atoms with van der Waals surface area (Å²) in [4.78, 5) is 13.1. The van der Waals surface area contributed by atoms with Gasteiger partial charge in [-0.25, -0.2) is 0 Å². The first-order valence-electron chi connectivity index (χ1n) is 4.46. The van der Waals surface area contributed by atoms with Crippen LogP contribution in [0.25, 0.3) is 0 Å². The van der Waals surface area contributed by atoms with Gasteiger partial charge in [-0.1, -0.05) is 25.5 Å². The predicted molar refractivity (Wildman–Crippen MR) is 52.0 cm³/mol. The van der Waals surface area contributed by atoms with Crippen molar-refractivity contribution in [2.45, 2.75) is 33.1 Å². The SMILES string of the molecule is C=C(C)CC(=O)N(C)CCCC. The molecule has 0 bridgehead atoms. The fraction of sp³-hybridized carbons (Fsp3) is 0.700. The van der Waals surface area contributed by atoms with Crippen LogP contribution in [0.3, 0.4) is 0 Å². The van der Waals surface area contributed by atoms with Crippen molar-refractivity contribution >= 4 is 5.91 Å². The first-order chi connectivity index (χ1) is 5.57. The smallest absolute Gasteiger partial charge is 0.226 e. The molecule has 0 rings (SSSR count). The molecule has 0 radical (unpaired) electrons. The molecule has 0 spiro atoms. The van der Waals surface area contributed by atoms with Gasteiger partial charge in [-0.2, -0.15) is 0 Å². The lowest BCUT2D eigenvalue weighted by molar-refractivity contribution is -0.129. The number of nitrogens with zero attached hydrogens (tertiary/aromatic N) is 1. The van der Waals surface area contributed by atoms with Crippen LogP contribution in [0.15, 0.2) is 12.2 Å². The molecule has 0 N–H and O–H groups in total. The first-order valence-corrected chi connectivity index (χ1v) is 4.46. The second-order valence-electron chi connectivity index (χ2n) is 3.30. The molecule has 0 aromatic carbocycles. The Morgan fingerprint density at radius 2 is 2.08 bits per heavy atom. The van der Waals surface area contributed by atoms with E-state index in [9.17, 15) is 4.79 Å². The topological polar surface area (TPSA) is 20.3 Å². The predicted octanol–water partition coefficient (Wildman–Crippen LogP) is 2.21. The molecule has 0 aliphatic carbocycles. The third kappa shape index (κ3) is 4.94. The fourth-order valence-electron chi connectivity index (χ4n) is 0.913. The van der Waals surface area contributed by atoms with Crippen LogP contribution in [0.5, 0.6) is 0 Å². The van der Waals surface area contributed by atoms with Crippen LogP contribution in [0.4, 0.5) is 0 Å². The summed E-state index contributed by atoms with van der Waals surface area (Å²) in [6, 6.07) is 0. The molecule has 70 valence electrons. The number of carbonyl (C=O) groups is 1. The Balaban J connectivity index is 3.69. The summed E-state index contributed by atoms with van der Waals surface area (Å²) in [6.45, 7) is 8.58. The van der Waals surface area contributed by atoms with Crippen LogP contribution in [-0.2, 0) is 4.79 Å². The Labute approximate surface area is 75.3 Å². The van der Waals surface area contributed by atoms with E-state index in [1.807, 2.05) is 14.0 Å². The highest BCUT2D eigenvalue weighted by Gasteiger charge is 2.06. The van der Waals surface area contributed by atoms with Gasteiger partial charge in [-0.05, 0) is 13.3 Å². The van der Waals surface area contributed by atoms with Gasteiger partial charge in [0, 0.05) is 20.0 Å². The second kappa shape index (κ2) is 5.81. The normalized spacial score (nSPS) is 9.58. The molecular weight excluding hydrogens is 150 g/mol. The van der Waals surface area contributed by atoms with Crippen molar-refractivity contribution in [3.63, 3.8) is 0 Å². The Bertz CT molecular complexity index is 163. The lowest BCUT2D eigenvalue weighted by atomic mass is 10.2. The maximum absolute atomic E-state index is 11.3. The highest BCUT2D eigenvalue weighted by molar-refractivity contribution is 5.78. The number of rotatable bonds is 5. The molecule has 0 atom stereocenters. The van der Waals surface area contributed by atoms with Crippen LogP contribution in [0.1, 0.15) is 33.1 Å². The molecule has 2 heteroatoms. The summed E-state index contributed by atoms with van der Waals surface area (Å²) in [6.07, 6.45) is 2.70. The number of unbranched alkanes of at least 4 members (excludes halogenated alkanes) is 1. The molecule has 0 saturated carbocycles. The summed E-state index contributed by atoms with van der Waals surface area (Å²) in [7, 11) is 1.85. The third-order valence-electron chi connectivity index (χ3n) is 1.73. The van der Waals surface area contributed by atoms with Crippen molar-refractivity contribution in [1.29, 1.82) is 0 Å². The van der Waals surface area contributed by atoms with Crippen molar-refractivity contribution < 1.29 is 4.79 Å². The summed E-state index contributed by atoms with van der Waals surface area (Å²) in [5, 5.41) is 0. The van der Waals surface area contributed by atoms with Crippen molar-refractivity contribution in [1.82, 2.24) is 4.90 Å². The van der Waals surface area contributed by atoms with Gasteiger partial charge in [0.2, 0.25) is 5.91 Å². The molecule has 0 unspecified atom stereocenters. The van der Waals surface area contributed by atoms with Crippen molar-refractivity contribution in [3.05, 3.63) is 12.2 Å². The molecule has 2 nitrogen and oxygen atoms in total. The van der Waals surface area contributed by atoms with Gasteiger partial charge in [-0.15, -0.1) is 0 Å². The zero-order valence-electron chi connectivity index (χ0n) is 8.39. The third-order valence-corrected chi connectivity index (χ3v) is 1.73. The van der Waals surface area contributed by atoms with E-state index in [4.69, 9.17) is 0 Å². The summed E-state index contributed by atoms with van der Waals surface area (Å²) in [5.41, 5.74) is 0.934. The van der Waals surface area contributed by atoms with E-state index in [1.165, 1.54) is 0 Å². The Morgan fingerprint density at radius 1 is 1.50 bits per heavy atom. The molecule has 0 aliphatic rings. The van der Waals surface area contributed by atoms with Crippen LogP contribution < -0.4 is 0 Å². The fourth-order valence-corrected chi connectivity index (χ4v) is 0.913. The monoisotopic (exact) mass is 169 g/mol. The van der Waals surface area contributed by atoms with Gasteiger partial charge in [0.15, 0.2) is 0 Å². The maximum Gasteiger partial charge on any atom is 0.226 e. The molecule has 0 aliphatic heterocycles. The minimum Gasteiger partial charge on any atom is -0.345 e. The summed E-state index contributed by atoms with van der Waals surface area (Å²) >= 11 is 0. The summed E-state index contributed by atoms with van der Waals surface area (Å²) in [5.74, 6) is 0.177. The maximum atomic E-state index is 11.3. The second-order valence-corrected chi connectivity index (χ2v) is 3.30. The Morgan fingerprint density at radius 3 is 2.50 bits per heavy atom. The standard InChI is InChI=1S/C10H19NO/c1-5-6-7-11(4)10(12)8-9(2)3/h2,5-8H2,1,3-4H3. The number of carbonyl (C=O) groups excluding carboxylic acids is 1. The lowest BCUT2D eigenvalue weighted by Crippen LogP contribution is -2.27. The van der Waals surface area contributed by atoms with Crippen LogP contribution in [0, 0.1) is 0 Å².